The van der Waals surface area contributed by atoms with Crippen molar-refractivity contribution in [3.8, 4) is 5.69 Å². The first-order valence-corrected chi connectivity index (χ1v) is 14.2. The van der Waals surface area contributed by atoms with Gasteiger partial charge in [-0.25, -0.2) is 13.5 Å². The molecular formula is C30H42F2N8. The molecule has 0 amide bonds. The molecule has 3 aromatic rings. The largest absolute Gasteiger partial charge is 0.369 e. The summed E-state index contributed by atoms with van der Waals surface area (Å²) in [6.07, 6.45) is 1.46. The molecule has 2 aliphatic heterocycles. The predicted molar refractivity (Wildman–Crippen MR) is 158 cm³/mol. The fourth-order valence-corrected chi connectivity index (χ4v) is 5.55. The van der Waals surface area contributed by atoms with Crippen LogP contribution in [0.3, 0.4) is 0 Å². The minimum Gasteiger partial charge on any atom is -0.369 e. The van der Waals surface area contributed by atoms with Gasteiger partial charge in [-0.2, -0.15) is 4.98 Å². The van der Waals surface area contributed by atoms with Crippen molar-refractivity contribution < 1.29 is 8.78 Å². The number of aromatic nitrogens is 3. The van der Waals surface area contributed by atoms with E-state index in [1.54, 1.807) is 0 Å². The zero-order chi connectivity index (χ0) is 28.7. The SMILES string of the molecule is CC(C)(C)N1CCN(c2cc(Nc3ncn(-c4cc(F)cc(F)c4)n3)cc(N3CCN(C(C)(C)C)CC3)c2)CC1. The normalized spacial score (nSPS) is 17.9. The van der Waals surface area contributed by atoms with Gasteiger partial charge in [0.05, 0.1) is 5.69 Å². The summed E-state index contributed by atoms with van der Waals surface area (Å²) in [4.78, 5) is 14.3. The molecule has 0 spiro atoms. The van der Waals surface area contributed by atoms with Gasteiger partial charge in [-0.3, -0.25) is 9.80 Å². The van der Waals surface area contributed by atoms with Crippen LogP contribution in [-0.2, 0) is 0 Å². The van der Waals surface area contributed by atoms with E-state index in [9.17, 15) is 8.78 Å². The summed E-state index contributed by atoms with van der Waals surface area (Å²) in [5.74, 6) is -0.950. The third-order valence-corrected chi connectivity index (χ3v) is 7.95. The minimum atomic E-state index is -0.657. The highest BCUT2D eigenvalue weighted by atomic mass is 19.1. The molecule has 0 radical (unpaired) electrons. The first-order chi connectivity index (χ1) is 18.8. The van der Waals surface area contributed by atoms with Crippen molar-refractivity contribution >= 4 is 23.0 Å². The van der Waals surface area contributed by atoms with Crippen molar-refractivity contribution in [1.29, 1.82) is 0 Å². The zero-order valence-corrected chi connectivity index (χ0v) is 24.6. The standard InChI is InChI=1S/C30H42F2N8/c1-29(2,3)38-11-7-36(8-12-38)25-18-24(19-26(20-25)37-9-13-39(14-10-37)30(4,5)6)34-28-33-21-40(35-28)27-16-22(31)15-23(32)17-27/h15-21H,7-14H2,1-6H3,(H,34,35). The van der Waals surface area contributed by atoms with Crippen molar-refractivity contribution in [2.24, 2.45) is 0 Å². The van der Waals surface area contributed by atoms with Crippen molar-refractivity contribution in [3.63, 3.8) is 0 Å². The Bertz CT molecular complexity index is 1240. The van der Waals surface area contributed by atoms with Gasteiger partial charge in [0.15, 0.2) is 0 Å². The van der Waals surface area contributed by atoms with Crippen LogP contribution in [0, 0.1) is 11.6 Å². The van der Waals surface area contributed by atoms with Gasteiger partial charge in [0.25, 0.3) is 0 Å². The molecule has 2 saturated heterocycles. The second kappa shape index (κ2) is 11.0. The zero-order valence-electron chi connectivity index (χ0n) is 24.6. The summed E-state index contributed by atoms with van der Waals surface area (Å²) in [5, 5.41) is 7.78. The number of nitrogens with zero attached hydrogens (tertiary/aromatic N) is 7. The molecule has 3 heterocycles. The number of benzene rings is 2. The second-order valence-corrected chi connectivity index (χ2v) is 12.8. The van der Waals surface area contributed by atoms with Crippen molar-refractivity contribution in [2.45, 2.75) is 52.6 Å². The van der Waals surface area contributed by atoms with E-state index in [0.717, 1.165) is 64.1 Å². The maximum absolute atomic E-state index is 13.8. The van der Waals surface area contributed by atoms with Crippen LogP contribution < -0.4 is 15.1 Å². The first kappa shape index (κ1) is 28.3. The Morgan fingerprint density at radius 2 is 1.10 bits per heavy atom. The Balaban J connectivity index is 1.39. The Hall–Kier alpha value is -3.24. The van der Waals surface area contributed by atoms with Crippen LogP contribution >= 0.6 is 0 Å². The summed E-state index contributed by atoms with van der Waals surface area (Å²) in [6.45, 7) is 21.5. The van der Waals surface area contributed by atoms with Gasteiger partial charge in [0, 0.05) is 86.6 Å². The number of anilines is 4. The van der Waals surface area contributed by atoms with Crippen LogP contribution in [0.4, 0.5) is 31.8 Å². The molecule has 2 fully saturated rings. The minimum absolute atomic E-state index is 0.155. The van der Waals surface area contributed by atoms with E-state index < -0.39 is 11.6 Å². The molecule has 1 aromatic heterocycles. The molecule has 0 aliphatic carbocycles. The third kappa shape index (κ3) is 6.55. The molecule has 5 rings (SSSR count). The predicted octanol–water partition coefficient (Wildman–Crippen LogP) is 5.13. The topological polar surface area (TPSA) is 55.7 Å². The highest BCUT2D eigenvalue weighted by Gasteiger charge is 2.28. The van der Waals surface area contributed by atoms with Crippen molar-refractivity contribution in [1.82, 2.24) is 24.6 Å². The van der Waals surface area contributed by atoms with E-state index in [-0.39, 0.29) is 16.8 Å². The highest BCUT2D eigenvalue weighted by Crippen LogP contribution is 2.32. The Kier molecular flexibility index (Phi) is 7.76. The van der Waals surface area contributed by atoms with E-state index in [2.05, 4.69) is 94.7 Å². The smallest absolute Gasteiger partial charge is 0.246 e. The number of nitrogens with one attached hydrogen (secondary N) is 1. The van der Waals surface area contributed by atoms with Gasteiger partial charge in [-0.1, -0.05) is 0 Å². The van der Waals surface area contributed by atoms with Gasteiger partial charge in [-0.15, -0.1) is 5.10 Å². The van der Waals surface area contributed by atoms with Crippen molar-refractivity contribution in [2.75, 3.05) is 67.5 Å². The van der Waals surface area contributed by atoms with Crippen LogP contribution in [0.25, 0.3) is 5.69 Å². The first-order valence-electron chi connectivity index (χ1n) is 14.2. The Morgan fingerprint density at radius 1 is 0.625 bits per heavy atom. The van der Waals surface area contributed by atoms with Crippen LogP contribution in [0.15, 0.2) is 42.7 Å². The molecule has 0 unspecified atom stereocenters. The van der Waals surface area contributed by atoms with Gasteiger partial charge >= 0.3 is 0 Å². The molecule has 10 heteroatoms. The molecule has 216 valence electrons. The Labute approximate surface area is 236 Å². The number of piperazine rings is 2. The maximum Gasteiger partial charge on any atom is 0.246 e. The van der Waals surface area contributed by atoms with Crippen LogP contribution in [0.2, 0.25) is 0 Å². The molecule has 40 heavy (non-hydrogen) atoms. The molecule has 8 nitrogen and oxygen atoms in total. The third-order valence-electron chi connectivity index (χ3n) is 7.95. The van der Waals surface area contributed by atoms with Gasteiger partial charge < -0.3 is 15.1 Å². The van der Waals surface area contributed by atoms with Gasteiger partial charge in [0.2, 0.25) is 5.95 Å². The summed E-state index contributed by atoms with van der Waals surface area (Å²) in [5.41, 5.74) is 3.80. The van der Waals surface area contributed by atoms with Gasteiger partial charge in [-0.05, 0) is 71.9 Å². The molecule has 0 bridgehead atoms. The summed E-state index contributed by atoms with van der Waals surface area (Å²) < 4.78 is 28.9. The van der Waals surface area contributed by atoms with E-state index in [0.29, 0.717) is 5.95 Å². The van der Waals surface area contributed by atoms with Crippen LogP contribution in [-0.4, -0.2) is 88.0 Å². The highest BCUT2D eigenvalue weighted by molar-refractivity contribution is 5.71. The fraction of sp³-hybridized carbons (Fsp3) is 0.533. The number of hydrogen-bond acceptors (Lipinski definition) is 7. The van der Waals surface area contributed by atoms with Crippen molar-refractivity contribution in [3.05, 3.63) is 54.4 Å². The summed E-state index contributed by atoms with van der Waals surface area (Å²) >= 11 is 0. The number of halogens is 2. The Morgan fingerprint density at radius 3 is 1.55 bits per heavy atom. The average molecular weight is 553 g/mol. The lowest BCUT2D eigenvalue weighted by atomic mass is 10.0. The molecule has 0 atom stereocenters. The number of rotatable bonds is 5. The van der Waals surface area contributed by atoms with E-state index in [1.165, 1.54) is 34.5 Å². The van der Waals surface area contributed by atoms with E-state index >= 15 is 0 Å². The quantitative estimate of drug-likeness (QED) is 0.471. The molecule has 0 saturated carbocycles. The van der Waals surface area contributed by atoms with Gasteiger partial charge in [0.1, 0.15) is 18.0 Å². The summed E-state index contributed by atoms with van der Waals surface area (Å²) in [7, 11) is 0. The second-order valence-electron chi connectivity index (χ2n) is 12.8. The lowest BCUT2D eigenvalue weighted by molar-refractivity contribution is 0.128. The van der Waals surface area contributed by atoms with Crippen LogP contribution in [0.1, 0.15) is 41.5 Å². The molecular weight excluding hydrogens is 510 g/mol. The monoisotopic (exact) mass is 552 g/mol. The van der Waals surface area contributed by atoms with E-state index in [4.69, 9.17) is 0 Å². The lowest BCUT2D eigenvalue weighted by Crippen LogP contribution is -2.54. The fourth-order valence-electron chi connectivity index (χ4n) is 5.55. The average Bonchev–Trinajstić information content (AvgIpc) is 3.36. The summed E-state index contributed by atoms with van der Waals surface area (Å²) in [6, 6.07) is 9.89. The van der Waals surface area contributed by atoms with Crippen LogP contribution in [0.5, 0.6) is 0 Å². The maximum atomic E-state index is 13.8. The number of hydrogen-bond donors (Lipinski definition) is 1. The molecule has 1 N–H and O–H groups in total. The molecule has 2 aromatic carbocycles. The lowest BCUT2D eigenvalue weighted by Gasteiger charge is -2.44. The van der Waals surface area contributed by atoms with E-state index in [1.807, 2.05) is 0 Å². The molecule has 2 aliphatic rings.